The Morgan fingerprint density at radius 3 is 1.96 bits per heavy atom. The Labute approximate surface area is 272 Å². The second-order valence-electron chi connectivity index (χ2n) is 12.0. The quantitative estimate of drug-likeness (QED) is 0.196. The van der Waals surface area contributed by atoms with E-state index in [4.69, 9.17) is 4.98 Å². The molecule has 0 radical (unpaired) electrons. The first kappa shape index (κ1) is 27.1. The van der Waals surface area contributed by atoms with Crippen molar-refractivity contribution in [3.8, 4) is 50.6 Å². The lowest BCUT2D eigenvalue weighted by molar-refractivity contribution is 0.959. The van der Waals surface area contributed by atoms with Crippen LogP contribution in [0.4, 0.5) is 0 Å². The lowest BCUT2D eigenvalue weighted by atomic mass is 10.00. The topological polar surface area (TPSA) is 35.6 Å². The highest BCUT2D eigenvalue weighted by Gasteiger charge is 2.17. The van der Waals surface area contributed by atoms with E-state index in [1.54, 1.807) is 0 Å². The molecular weight excluding hydrogens is 573 g/mol. The molecule has 9 aromatic rings. The van der Waals surface area contributed by atoms with E-state index in [1.807, 2.05) is 18.3 Å². The van der Waals surface area contributed by atoms with Gasteiger partial charge in [0.15, 0.2) is 0 Å². The van der Waals surface area contributed by atoms with Crippen molar-refractivity contribution in [1.82, 2.24) is 19.1 Å². The number of hydrogen-bond donors (Lipinski definition) is 0. The Hall–Kier alpha value is -6.26. The van der Waals surface area contributed by atoms with Crippen molar-refractivity contribution in [3.05, 3.63) is 164 Å². The average Bonchev–Trinajstić information content (AvgIpc) is 3.66. The molecule has 4 nitrogen and oxygen atoms in total. The van der Waals surface area contributed by atoms with Crippen LogP contribution in [0.25, 0.3) is 83.4 Å². The van der Waals surface area contributed by atoms with Gasteiger partial charge in [0.05, 0.1) is 27.8 Å². The van der Waals surface area contributed by atoms with Gasteiger partial charge in [-0.2, -0.15) is 0 Å². The zero-order valence-electron chi connectivity index (χ0n) is 25.9. The smallest absolute Gasteiger partial charge is 0.140 e. The molecule has 0 aliphatic carbocycles. The number of pyridine rings is 1. The second kappa shape index (κ2) is 11.0. The van der Waals surface area contributed by atoms with Gasteiger partial charge in [0, 0.05) is 40.8 Å². The fourth-order valence-corrected chi connectivity index (χ4v) is 6.85. The summed E-state index contributed by atoms with van der Waals surface area (Å²) in [7, 11) is 2.11. The van der Waals surface area contributed by atoms with Gasteiger partial charge in [-0.1, -0.05) is 109 Å². The zero-order chi connectivity index (χ0) is 31.3. The average molecular weight is 603 g/mol. The Morgan fingerprint density at radius 2 is 1.13 bits per heavy atom. The van der Waals surface area contributed by atoms with Crippen LogP contribution < -0.4 is 0 Å². The van der Waals surface area contributed by atoms with Gasteiger partial charge >= 0.3 is 0 Å². The van der Waals surface area contributed by atoms with Gasteiger partial charge in [0.25, 0.3) is 0 Å². The fourth-order valence-electron chi connectivity index (χ4n) is 6.85. The number of rotatable bonds is 5. The van der Waals surface area contributed by atoms with E-state index in [1.165, 1.54) is 33.0 Å². The highest BCUT2D eigenvalue weighted by molar-refractivity contribution is 6.10. The van der Waals surface area contributed by atoms with Gasteiger partial charge in [-0.15, -0.1) is 0 Å². The summed E-state index contributed by atoms with van der Waals surface area (Å²) in [6.07, 6.45) is 1.84. The molecule has 222 valence electrons. The first-order valence-electron chi connectivity index (χ1n) is 15.9. The largest absolute Gasteiger partial charge is 0.327 e. The normalized spacial score (nSPS) is 11.5. The SMILES string of the molecule is Cn1c(-c2ccc3c4ccccc4n(-c4cccc(-c5ccccn5)c4)c3c2)nc2cc(-c3ccc(-c4ccccc4)cc3)ccc21. The molecule has 4 heteroatoms. The van der Waals surface area contributed by atoms with Crippen LogP contribution in [0.5, 0.6) is 0 Å². The Morgan fingerprint density at radius 1 is 0.447 bits per heavy atom. The van der Waals surface area contributed by atoms with Crippen molar-refractivity contribution in [2.75, 3.05) is 0 Å². The van der Waals surface area contributed by atoms with Gasteiger partial charge in [-0.25, -0.2) is 4.98 Å². The minimum atomic E-state index is 0.942. The minimum Gasteiger partial charge on any atom is -0.327 e. The molecule has 0 aliphatic heterocycles. The third-order valence-corrected chi connectivity index (χ3v) is 9.20. The summed E-state index contributed by atoms with van der Waals surface area (Å²) in [5.74, 6) is 0.942. The van der Waals surface area contributed by atoms with E-state index in [0.717, 1.165) is 50.4 Å². The van der Waals surface area contributed by atoms with Crippen LogP contribution in [0.3, 0.4) is 0 Å². The van der Waals surface area contributed by atoms with Crippen molar-refractivity contribution in [1.29, 1.82) is 0 Å². The lowest BCUT2D eigenvalue weighted by Crippen LogP contribution is -1.96. The molecule has 9 rings (SSSR count). The van der Waals surface area contributed by atoms with Crippen molar-refractivity contribution in [2.24, 2.45) is 7.05 Å². The van der Waals surface area contributed by atoms with Crippen LogP contribution in [-0.2, 0) is 7.05 Å². The molecule has 0 bridgehead atoms. The van der Waals surface area contributed by atoms with Crippen LogP contribution >= 0.6 is 0 Å². The molecule has 3 heterocycles. The molecule has 0 saturated heterocycles. The van der Waals surface area contributed by atoms with Gasteiger partial charge in [-0.3, -0.25) is 4.98 Å². The van der Waals surface area contributed by atoms with Crippen LogP contribution in [0.1, 0.15) is 0 Å². The molecule has 0 N–H and O–H groups in total. The predicted octanol–water partition coefficient (Wildman–Crippen LogP) is 10.7. The first-order chi connectivity index (χ1) is 23.2. The molecule has 0 atom stereocenters. The van der Waals surface area contributed by atoms with E-state index < -0.39 is 0 Å². The van der Waals surface area contributed by atoms with Gasteiger partial charge in [0.2, 0.25) is 0 Å². The second-order valence-corrected chi connectivity index (χ2v) is 12.0. The van der Waals surface area contributed by atoms with Gasteiger partial charge in [0.1, 0.15) is 5.82 Å². The molecule has 0 saturated carbocycles. The van der Waals surface area contributed by atoms with E-state index in [0.29, 0.717) is 0 Å². The van der Waals surface area contributed by atoms with Crippen molar-refractivity contribution >= 4 is 32.8 Å². The number of fused-ring (bicyclic) bond motifs is 4. The number of hydrogen-bond acceptors (Lipinski definition) is 2. The van der Waals surface area contributed by atoms with Crippen LogP contribution in [0, 0.1) is 0 Å². The van der Waals surface area contributed by atoms with Gasteiger partial charge < -0.3 is 9.13 Å². The van der Waals surface area contributed by atoms with Crippen molar-refractivity contribution in [3.63, 3.8) is 0 Å². The molecule has 3 aromatic heterocycles. The summed E-state index contributed by atoms with van der Waals surface area (Å²) in [6, 6.07) is 55.9. The summed E-state index contributed by atoms with van der Waals surface area (Å²) in [5, 5.41) is 2.44. The number of nitrogens with zero attached hydrogens (tertiary/aromatic N) is 4. The summed E-state index contributed by atoms with van der Waals surface area (Å²) in [4.78, 5) is 9.80. The molecule has 6 aromatic carbocycles. The minimum absolute atomic E-state index is 0.942. The number of imidazole rings is 1. The monoisotopic (exact) mass is 602 g/mol. The summed E-state index contributed by atoms with van der Waals surface area (Å²) in [6.45, 7) is 0. The van der Waals surface area contributed by atoms with Crippen LogP contribution in [0.15, 0.2) is 164 Å². The van der Waals surface area contributed by atoms with E-state index >= 15 is 0 Å². The Kier molecular flexibility index (Phi) is 6.32. The highest BCUT2D eigenvalue weighted by atomic mass is 15.1. The molecule has 47 heavy (non-hydrogen) atoms. The first-order valence-corrected chi connectivity index (χ1v) is 15.9. The molecule has 0 fully saturated rings. The maximum atomic E-state index is 5.20. The number of aryl methyl sites for hydroxylation is 1. The predicted molar refractivity (Wildman–Crippen MR) is 195 cm³/mol. The van der Waals surface area contributed by atoms with Crippen LogP contribution in [0.2, 0.25) is 0 Å². The standard InChI is InChI=1S/C43H30N4/c1-46-41-24-22-32(31-19-17-30(18-20-31)29-10-3-2-4-11-29)27-39(41)45-43(46)34-21-23-37-36-14-5-6-16-40(36)47(42(37)28-34)35-13-9-12-33(26-35)38-15-7-8-25-44-38/h2-28H,1H3. The number of para-hydroxylation sites is 1. The van der Waals surface area contributed by atoms with E-state index in [9.17, 15) is 0 Å². The van der Waals surface area contributed by atoms with Gasteiger partial charge in [-0.05, 0) is 70.8 Å². The highest BCUT2D eigenvalue weighted by Crippen LogP contribution is 2.36. The third kappa shape index (κ3) is 4.62. The van der Waals surface area contributed by atoms with Crippen molar-refractivity contribution < 1.29 is 0 Å². The molecule has 0 aliphatic rings. The fraction of sp³-hybridized carbons (Fsp3) is 0.0233. The summed E-state index contributed by atoms with van der Waals surface area (Å²) in [5.41, 5.74) is 13.4. The van der Waals surface area contributed by atoms with E-state index in [2.05, 4.69) is 167 Å². The Balaban J connectivity index is 1.15. The number of benzene rings is 6. The maximum Gasteiger partial charge on any atom is 0.140 e. The Bertz CT molecular complexity index is 2560. The molecular formula is C43H30N4. The maximum absolute atomic E-state index is 5.20. The molecule has 0 amide bonds. The van der Waals surface area contributed by atoms with Crippen LogP contribution in [-0.4, -0.2) is 19.1 Å². The number of aromatic nitrogens is 4. The molecule has 0 unspecified atom stereocenters. The zero-order valence-corrected chi connectivity index (χ0v) is 25.9. The van der Waals surface area contributed by atoms with Crippen molar-refractivity contribution in [2.45, 2.75) is 0 Å². The van der Waals surface area contributed by atoms with E-state index in [-0.39, 0.29) is 0 Å². The summed E-state index contributed by atoms with van der Waals surface area (Å²) < 4.78 is 4.56. The lowest BCUT2D eigenvalue weighted by Gasteiger charge is -2.11. The third-order valence-electron chi connectivity index (χ3n) is 9.20. The summed E-state index contributed by atoms with van der Waals surface area (Å²) >= 11 is 0. The molecule has 0 spiro atoms.